The third kappa shape index (κ3) is 3.86. The molecule has 3 N–H and O–H groups in total. The number of ether oxygens (including phenoxy) is 1. The predicted octanol–water partition coefficient (Wildman–Crippen LogP) is 3.29. The van der Waals surface area contributed by atoms with Crippen LogP contribution in [-0.2, 0) is 19.3 Å². The molecule has 1 amide bonds. The molecule has 5 saturated carbocycles. The number of carbonyl (C=O) groups excluding carboxylic acids is 1. The molecule has 4 bridgehead atoms. The molecule has 1 aliphatic heterocycles. The van der Waals surface area contributed by atoms with Crippen molar-refractivity contribution >= 4 is 5.91 Å². The molecule has 6 rings (SSSR count). The highest BCUT2D eigenvalue weighted by molar-refractivity contribution is 5.76. The zero-order chi connectivity index (χ0) is 20.3. The van der Waals surface area contributed by atoms with Gasteiger partial charge in [0, 0.05) is 30.3 Å². The van der Waals surface area contributed by atoms with E-state index in [0.29, 0.717) is 37.3 Å². The van der Waals surface area contributed by atoms with Gasteiger partial charge in [-0.15, -0.1) is 0 Å². The van der Waals surface area contributed by atoms with Crippen molar-refractivity contribution in [3.8, 4) is 0 Å². The van der Waals surface area contributed by atoms with Gasteiger partial charge in [-0.2, -0.15) is 4.89 Å². The molecule has 1 heterocycles. The summed E-state index contributed by atoms with van der Waals surface area (Å²) >= 11 is 0. The van der Waals surface area contributed by atoms with E-state index in [0.717, 1.165) is 37.5 Å². The van der Waals surface area contributed by atoms with E-state index >= 15 is 0 Å². The van der Waals surface area contributed by atoms with Gasteiger partial charge in [-0.1, -0.05) is 0 Å². The van der Waals surface area contributed by atoms with E-state index in [1.807, 2.05) is 13.8 Å². The van der Waals surface area contributed by atoms with Crippen LogP contribution in [0, 0.1) is 29.6 Å². The van der Waals surface area contributed by atoms with E-state index < -0.39 is 5.79 Å². The fraction of sp³-hybridized carbons (Fsp3) is 0.957. The van der Waals surface area contributed by atoms with Crippen LogP contribution >= 0.6 is 0 Å². The van der Waals surface area contributed by atoms with Gasteiger partial charge in [-0.05, 0) is 89.4 Å². The fourth-order valence-electron chi connectivity index (χ4n) is 6.96. The molecule has 6 heteroatoms. The summed E-state index contributed by atoms with van der Waals surface area (Å²) in [5, 5.41) is 2.96. The molecule has 6 nitrogen and oxygen atoms in total. The van der Waals surface area contributed by atoms with Gasteiger partial charge in [0.25, 0.3) is 0 Å². The average molecular weight is 407 g/mol. The lowest BCUT2D eigenvalue weighted by atomic mass is 9.53. The van der Waals surface area contributed by atoms with Crippen LogP contribution in [0.5, 0.6) is 0 Å². The van der Waals surface area contributed by atoms with Crippen molar-refractivity contribution in [1.82, 2.24) is 5.32 Å². The summed E-state index contributed by atoms with van der Waals surface area (Å²) in [5.74, 6) is 2.85. The average Bonchev–Trinajstić information content (AvgIpc) is 2.67. The number of nitrogens with two attached hydrogens (primary N) is 1. The molecule has 6 aliphatic rings. The van der Waals surface area contributed by atoms with Crippen molar-refractivity contribution < 1.29 is 19.3 Å². The molecule has 2 spiro atoms. The molecule has 0 unspecified atom stereocenters. The summed E-state index contributed by atoms with van der Waals surface area (Å²) in [5.41, 5.74) is 5.27. The molecule has 0 radical (unpaired) electrons. The fourth-order valence-corrected chi connectivity index (χ4v) is 6.96. The summed E-state index contributed by atoms with van der Waals surface area (Å²) < 4.78 is 6.59. The molecule has 0 aromatic rings. The molecule has 1 saturated heterocycles. The Morgan fingerprint density at radius 3 is 2.17 bits per heavy atom. The van der Waals surface area contributed by atoms with Crippen LogP contribution in [0.15, 0.2) is 0 Å². The Kier molecular flexibility index (Phi) is 5.01. The molecule has 0 atom stereocenters. The maximum absolute atomic E-state index is 12.2. The quantitative estimate of drug-likeness (QED) is 0.700. The van der Waals surface area contributed by atoms with Gasteiger partial charge in [0.2, 0.25) is 11.7 Å². The molecule has 6 fully saturated rings. The number of carbonyl (C=O) groups is 1. The van der Waals surface area contributed by atoms with Crippen molar-refractivity contribution in [3.63, 3.8) is 0 Å². The van der Waals surface area contributed by atoms with Gasteiger partial charge in [-0.3, -0.25) is 4.79 Å². The van der Waals surface area contributed by atoms with Crippen molar-refractivity contribution in [2.45, 2.75) is 95.0 Å². The lowest BCUT2D eigenvalue weighted by Gasteiger charge is -2.61. The first kappa shape index (κ1) is 20.2. The maximum atomic E-state index is 12.2. The minimum atomic E-state index is -0.468. The molecule has 5 aliphatic carbocycles. The van der Waals surface area contributed by atoms with Gasteiger partial charge in [-0.25, -0.2) is 4.89 Å². The Balaban J connectivity index is 1.12. The van der Waals surface area contributed by atoms with Crippen molar-refractivity contribution in [2.75, 3.05) is 13.2 Å². The van der Waals surface area contributed by atoms with Crippen molar-refractivity contribution in [3.05, 3.63) is 0 Å². The molecule has 164 valence electrons. The Labute approximate surface area is 174 Å². The molecule has 29 heavy (non-hydrogen) atoms. The van der Waals surface area contributed by atoms with Crippen LogP contribution in [0.25, 0.3) is 0 Å². The lowest BCUT2D eigenvalue weighted by molar-refractivity contribution is -0.548. The largest absolute Gasteiger partial charge is 0.354 e. The van der Waals surface area contributed by atoms with E-state index in [1.165, 1.54) is 32.1 Å². The highest BCUT2D eigenvalue weighted by Crippen LogP contribution is 2.61. The second-order valence-corrected chi connectivity index (χ2v) is 11.6. The number of hydrogen-bond acceptors (Lipinski definition) is 5. The normalized spacial score (nSPS) is 46.4. The second kappa shape index (κ2) is 7.18. The Hall–Kier alpha value is -0.690. The first-order valence-corrected chi connectivity index (χ1v) is 11.8. The van der Waals surface area contributed by atoms with Crippen molar-refractivity contribution in [2.24, 2.45) is 35.3 Å². The SMILES string of the molecule is CC(C)(N)CNC(=O)CC1CCC2(CC1)COC1(OO2)C2CC3CC(C2)CC1C3. The summed E-state index contributed by atoms with van der Waals surface area (Å²) in [6.07, 6.45) is 10.8. The van der Waals surface area contributed by atoms with Gasteiger partial charge in [0.15, 0.2) is 0 Å². The molecule has 0 aromatic heterocycles. The van der Waals surface area contributed by atoms with Gasteiger partial charge < -0.3 is 15.8 Å². The monoisotopic (exact) mass is 406 g/mol. The summed E-state index contributed by atoms with van der Waals surface area (Å²) in [6, 6.07) is 0. The predicted molar refractivity (Wildman–Crippen MR) is 108 cm³/mol. The number of rotatable bonds is 4. The van der Waals surface area contributed by atoms with E-state index in [-0.39, 0.29) is 17.0 Å². The summed E-state index contributed by atoms with van der Waals surface area (Å²) in [4.78, 5) is 24.6. The van der Waals surface area contributed by atoms with E-state index in [4.69, 9.17) is 20.2 Å². The smallest absolute Gasteiger partial charge is 0.220 e. The van der Waals surface area contributed by atoms with Crippen LogP contribution in [0.2, 0.25) is 0 Å². The topological polar surface area (TPSA) is 82.8 Å². The first-order valence-electron chi connectivity index (χ1n) is 11.8. The number of hydrogen-bond donors (Lipinski definition) is 2. The third-order valence-corrected chi connectivity index (χ3v) is 8.42. The van der Waals surface area contributed by atoms with E-state index in [9.17, 15) is 4.79 Å². The highest BCUT2D eigenvalue weighted by Gasteiger charge is 2.63. The highest BCUT2D eigenvalue weighted by atomic mass is 17.2. The van der Waals surface area contributed by atoms with Crippen LogP contribution < -0.4 is 11.1 Å². The van der Waals surface area contributed by atoms with Gasteiger partial charge in [0.1, 0.15) is 5.60 Å². The maximum Gasteiger partial charge on any atom is 0.220 e. The van der Waals surface area contributed by atoms with Crippen LogP contribution in [0.4, 0.5) is 0 Å². The molecular weight excluding hydrogens is 368 g/mol. The second-order valence-electron chi connectivity index (χ2n) is 11.6. The number of nitrogens with one attached hydrogen (secondary N) is 1. The zero-order valence-electron chi connectivity index (χ0n) is 18.1. The van der Waals surface area contributed by atoms with Gasteiger partial charge in [0.05, 0.1) is 6.61 Å². The Bertz CT molecular complexity index is 595. The minimum Gasteiger partial charge on any atom is -0.354 e. The van der Waals surface area contributed by atoms with Crippen molar-refractivity contribution in [1.29, 1.82) is 0 Å². The minimum absolute atomic E-state index is 0.106. The van der Waals surface area contributed by atoms with E-state index in [1.54, 1.807) is 0 Å². The summed E-state index contributed by atoms with van der Waals surface area (Å²) in [6.45, 7) is 5.01. The molecule has 0 aromatic carbocycles. The number of amides is 1. The molecular formula is C23H38N2O4. The van der Waals surface area contributed by atoms with Gasteiger partial charge >= 0.3 is 0 Å². The lowest BCUT2D eigenvalue weighted by Crippen LogP contribution is -2.65. The summed E-state index contributed by atoms with van der Waals surface area (Å²) in [7, 11) is 0. The van der Waals surface area contributed by atoms with Crippen LogP contribution in [0.1, 0.15) is 78.1 Å². The Morgan fingerprint density at radius 2 is 1.66 bits per heavy atom. The zero-order valence-corrected chi connectivity index (χ0v) is 18.1. The Morgan fingerprint density at radius 1 is 1.03 bits per heavy atom. The van der Waals surface area contributed by atoms with E-state index in [2.05, 4.69) is 5.32 Å². The third-order valence-electron chi connectivity index (χ3n) is 8.42. The first-order chi connectivity index (χ1) is 13.8. The standard InChI is InChI=1S/C23H38N2O4/c1-21(2,24)13-25-20(26)12-15-3-5-22(6-4-15)14-27-23(29-28-22)18-8-16-7-17(10-18)11-19(23)9-16/h15-19H,3-14,24H2,1-2H3,(H,25,26). The van der Waals surface area contributed by atoms with Crippen LogP contribution in [-0.4, -0.2) is 36.0 Å². The van der Waals surface area contributed by atoms with Crippen LogP contribution in [0.3, 0.4) is 0 Å².